The molecule has 1 aliphatic rings. The first-order chi connectivity index (χ1) is 16.2. The second-order valence-corrected chi connectivity index (χ2v) is 8.47. The predicted molar refractivity (Wildman–Crippen MR) is 127 cm³/mol. The molecule has 3 heterocycles. The minimum atomic E-state index is -0.770. The van der Waals surface area contributed by atoms with Gasteiger partial charge in [0.25, 0.3) is 5.91 Å². The summed E-state index contributed by atoms with van der Waals surface area (Å²) in [4.78, 5) is 37.0. The van der Waals surface area contributed by atoms with Crippen molar-refractivity contribution < 1.29 is 14.3 Å². The fraction of sp³-hybridized carbons (Fsp3) is 0.250. The predicted octanol–water partition coefficient (Wildman–Crippen LogP) is 3.48. The Hall–Kier alpha value is -3.72. The molecule has 1 atom stereocenters. The van der Waals surface area contributed by atoms with Crippen molar-refractivity contribution >= 4 is 39.9 Å². The maximum atomic E-state index is 13.6. The number of nitrogens with one attached hydrogen (secondary N) is 1. The molecule has 0 radical (unpaired) electrons. The molecule has 168 valence electrons. The fourth-order valence-electron chi connectivity index (χ4n) is 3.94. The minimum Gasteiger partial charge on any atom is -0.477 e. The maximum Gasteiger partial charge on any atom is 0.262 e. The van der Waals surface area contributed by atoms with E-state index >= 15 is 0 Å². The van der Waals surface area contributed by atoms with Crippen molar-refractivity contribution in [3.05, 3.63) is 59.4 Å². The number of hydrogen-bond acceptors (Lipinski definition) is 6. The lowest BCUT2D eigenvalue weighted by Gasteiger charge is -2.34. The number of anilines is 1. The van der Waals surface area contributed by atoms with Crippen LogP contribution in [0.2, 0.25) is 0 Å². The van der Waals surface area contributed by atoms with E-state index in [1.807, 2.05) is 59.3 Å². The molecule has 5 rings (SSSR count). The number of thiazole rings is 1. The first-order valence-electron chi connectivity index (χ1n) is 10.8. The van der Waals surface area contributed by atoms with E-state index in [2.05, 4.69) is 10.3 Å². The van der Waals surface area contributed by atoms with Gasteiger partial charge in [-0.05, 0) is 30.7 Å². The summed E-state index contributed by atoms with van der Waals surface area (Å²) in [5.41, 5.74) is 4.78. The Morgan fingerprint density at radius 3 is 2.82 bits per heavy atom. The third-order valence-corrected chi connectivity index (χ3v) is 6.11. The highest BCUT2D eigenvalue weighted by molar-refractivity contribution is 7.07. The first kappa shape index (κ1) is 21.1. The molecular formula is C24H23N5O3S. The van der Waals surface area contributed by atoms with Crippen LogP contribution >= 0.6 is 11.3 Å². The summed E-state index contributed by atoms with van der Waals surface area (Å²) >= 11 is 1.48. The number of carbonyl (C=O) groups is 2. The second kappa shape index (κ2) is 9.03. The molecule has 0 fully saturated rings. The number of rotatable bonds is 6. The van der Waals surface area contributed by atoms with Crippen LogP contribution in [-0.2, 0) is 16.1 Å². The Balaban J connectivity index is 1.49. The van der Waals surface area contributed by atoms with E-state index in [-0.39, 0.29) is 24.9 Å². The fourth-order valence-corrected chi connectivity index (χ4v) is 4.47. The first-order valence-corrected chi connectivity index (χ1v) is 11.8. The van der Waals surface area contributed by atoms with Crippen molar-refractivity contribution in [3.8, 4) is 17.3 Å². The third-order valence-electron chi connectivity index (χ3n) is 5.53. The summed E-state index contributed by atoms with van der Waals surface area (Å²) in [6.45, 7) is 2.75. The molecule has 2 aromatic carbocycles. The van der Waals surface area contributed by atoms with Gasteiger partial charge in [0, 0.05) is 11.9 Å². The molecule has 8 nitrogen and oxygen atoms in total. The van der Waals surface area contributed by atoms with E-state index < -0.39 is 6.10 Å². The summed E-state index contributed by atoms with van der Waals surface area (Å²) in [5.74, 6) is 0.785. The van der Waals surface area contributed by atoms with Gasteiger partial charge in [0.1, 0.15) is 18.0 Å². The van der Waals surface area contributed by atoms with Crippen LogP contribution in [0, 0.1) is 0 Å². The summed E-state index contributed by atoms with van der Waals surface area (Å²) in [5, 5.41) is 4.78. The van der Waals surface area contributed by atoms with Gasteiger partial charge in [-0.1, -0.05) is 31.2 Å². The molecule has 2 amide bonds. The van der Waals surface area contributed by atoms with E-state index in [1.165, 1.54) is 11.3 Å². The van der Waals surface area contributed by atoms with E-state index in [1.54, 1.807) is 16.5 Å². The van der Waals surface area contributed by atoms with Crippen molar-refractivity contribution in [3.63, 3.8) is 0 Å². The van der Waals surface area contributed by atoms with Crippen molar-refractivity contribution in [2.75, 3.05) is 18.0 Å². The molecule has 0 bridgehead atoms. The molecule has 2 aromatic heterocycles. The second-order valence-electron chi connectivity index (χ2n) is 7.75. The highest BCUT2D eigenvalue weighted by Crippen LogP contribution is 2.34. The van der Waals surface area contributed by atoms with Crippen molar-refractivity contribution in [2.45, 2.75) is 26.0 Å². The van der Waals surface area contributed by atoms with Crippen LogP contribution in [0.3, 0.4) is 0 Å². The average molecular weight is 462 g/mol. The minimum absolute atomic E-state index is 0.0605. The number of amides is 2. The monoisotopic (exact) mass is 461 g/mol. The number of carbonyl (C=O) groups excluding carboxylic acids is 2. The lowest BCUT2D eigenvalue weighted by atomic mass is 10.1. The number of hydrogen-bond donors (Lipinski definition) is 1. The van der Waals surface area contributed by atoms with Crippen LogP contribution in [0.25, 0.3) is 22.6 Å². The Labute approximate surface area is 194 Å². The number of aromatic nitrogens is 3. The van der Waals surface area contributed by atoms with Gasteiger partial charge in [0.05, 0.1) is 28.8 Å². The van der Waals surface area contributed by atoms with Crippen LogP contribution in [0.15, 0.2) is 59.4 Å². The van der Waals surface area contributed by atoms with Gasteiger partial charge in [0.2, 0.25) is 5.91 Å². The van der Waals surface area contributed by atoms with Crippen LogP contribution in [0.5, 0.6) is 5.75 Å². The molecule has 4 aromatic rings. The van der Waals surface area contributed by atoms with Crippen LogP contribution in [0.4, 0.5) is 5.69 Å². The van der Waals surface area contributed by atoms with Gasteiger partial charge in [0.15, 0.2) is 11.9 Å². The number of nitrogens with zero attached hydrogens (tertiary/aromatic N) is 4. The highest BCUT2D eigenvalue weighted by Gasteiger charge is 2.34. The molecule has 33 heavy (non-hydrogen) atoms. The molecule has 9 heteroatoms. The zero-order chi connectivity index (χ0) is 22.8. The molecule has 0 spiro atoms. The van der Waals surface area contributed by atoms with E-state index in [9.17, 15) is 9.59 Å². The molecule has 0 saturated heterocycles. The molecule has 1 N–H and O–H groups in total. The number of ether oxygens (including phenoxy) is 1. The Bertz CT molecular complexity index is 1300. The third kappa shape index (κ3) is 4.07. The maximum absolute atomic E-state index is 13.6. The molecule has 0 saturated carbocycles. The average Bonchev–Trinajstić information content (AvgIpc) is 3.50. The topological polar surface area (TPSA) is 89.4 Å². The smallest absolute Gasteiger partial charge is 0.262 e. The number of imidazole rings is 1. The Kier molecular flexibility index (Phi) is 5.78. The van der Waals surface area contributed by atoms with Crippen molar-refractivity contribution in [1.29, 1.82) is 0 Å². The van der Waals surface area contributed by atoms with Crippen molar-refractivity contribution in [2.24, 2.45) is 0 Å². The van der Waals surface area contributed by atoms with Gasteiger partial charge >= 0.3 is 0 Å². The quantitative estimate of drug-likeness (QED) is 0.475. The van der Waals surface area contributed by atoms with Crippen LogP contribution < -0.4 is 15.0 Å². The van der Waals surface area contributed by atoms with Crippen LogP contribution in [0.1, 0.15) is 13.3 Å². The summed E-state index contributed by atoms with van der Waals surface area (Å²) in [7, 11) is 0. The zero-order valence-corrected chi connectivity index (χ0v) is 18.9. The number of fused-ring (bicyclic) bond motifs is 2. The van der Waals surface area contributed by atoms with Gasteiger partial charge in [-0.25, -0.2) is 9.97 Å². The van der Waals surface area contributed by atoms with Gasteiger partial charge in [-0.3, -0.25) is 9.59 Å². The highest BCUT2D eigenvalue weighted by atomic mass is 32.1. The van der Waals surface area contributed by atoms with Gasteiger partial charge in [-0.15, -0.1) is 11.3 Å². The standard InChI is InChI=1S/C24H23N5O3S/c1-2-11-25-24(31)21-12-28(19-9-5-6-10-20(19)32-21)22(30)13-29-18-8-4-3-7-16(18)27-23(29)17-14-33-15-26-17/h3-10,14-15,21H,2,11-13H2,1H3,(H,25,31). The molecular weight excluding hydrogens is 438 g/mol. The zero-order valence-electron chi connectivity index (χ0n) is 18.1. The largest absolute Gasteiger partial charge is 0.477 e. The normalized spacial score (nSPS) is 15.2. The number of para-hydroxylation sites is 4. The summed E-state index contributed by atoms with van der Waals surface area (Å²) in [6, 6.07) is 15.0. The van der Waals surface area contributed by atoms with Crippen molar-refractivity contribution in [1.82, 2.24) is 19.9 Å². The van der Waals surface area contributed by atoms with Gasteiger partial charge < -0.3 is 19.5 Å². The summed E-state index contributed by atoms with van der Waals surface area (Å²) in [6.07, 6.45) is 0.0538. The number of benzene rings is 2. The molecule has 0 aliphatic carbocycles. The lowest BCUT2D eigenvalue weighted by Crippen LogP contribution is -2.51. The Morgan fingerprint density at radius 1 is 1.18 bits per heavy atom. The summed E-state index contributed by atoms with van der Waals surface area (Å²) < 4.78 is 7.81. The van der Waals surface area contributed by atoms with E-state index in [0.29, 0.717) is 23.8 Å². The van der Waals surface area contributed by atoms with E-state index in [0.717, 1.165) is 23.1 Å². The van der Waals surface area contributed by atoms with Crippen LogP contribution in [-0.4, -0.2) is 45.5 Å². The molecule has 1 aliphatic heterocycles. The lowest BCUT2D eigenvalue weighted by molar-refractivity contribution is -0.128. The molecule has 1 unspecified atom stereocenters. The Morgan fingerprint density at radius 2 is 2.00 bits per heavy atom. The SMILES string of the molecule is CCCNC(=O)C1CN(C(=O)Cn2c(-c3cscn3)nc3ccccc32)c2ccccc2O1. The van der Waals surface area contributed by atoms with E-state index in [4.69, 9.17) is 9.72 Å². The van der Waals surface area contributed by atoms with Gasteiger partial charge in [-0.2, -0.15) is 0 Å².